The van der Waals surface area contributed by atoms with E-state index in [2.05, 4.69) is 11.4 Å². The molecule has 0 spiro atoms. The summed E-state index contributed by atoms with van der Waals surface area (Å²) in [6.07, 6.45) is 0. The fraction of sp³-hybridized carbons (Fsp3) is 0.273. The Labute approximate surface area is 88.4 Å². The minimum Gasteiger partial charge on any atom is -0.395 e. The Bertz CT molecular complexity index is 386. The molecule has 1 aromatic rings. The summed E-state index contributed by atoms with van der Waals surface area (Å²) in [4.78, 5) is 0. The molecule has 1 rings (SSSR count). The van der Waals surface area contributed by atoms with E-state index in [4.69, 9.17) is 15.6 Å². The van der Waals surface area contributed by atoms with Crippen LogP contribution in [0, 0.1) is 22.7 Å². The molecule has 2 N–H and O–H groups in total. The Morgan fingerprint density at radius 1 is 1.27 bits per heavy atom. The van der Waals surface area contributed by atoms with Crippen LogP contribution < -0.4 is 5.32 Å². The predicted octanol–water partition coefficient (Wildman–Crippen LogP) is 0.705. The summed E-state index contributed by atoms with van der Waals surface area (Å²) in [6, 6.07) is 10.5. The van der Waals surface area contributed by atoms with Crippen LogP contribution in [-0.2, 0) is 0 Å². The number of aliphatic hydroxyl groups excluding tert-OH is 1. The van der Waals surface area contributed by atoms with Gasteiger partial charge in [-0.2, -0.15) is 10.5 Å². The van der Waals surface area contributed by atoms with E-state index in [1.165, 1.54) is 0 Å². The van der Waals surface area contributed by atoms with Gasteiger partial charge in [-0.3, -0.25) is 5.32 Å². The van der Waals surface area contributed by atoms with Gasteiger partial charge in [-0.1, -0.05) is 12.1 Å². The topological polar surface area (TPSA) is 79.8 Å². The molecule has 0 heterocycles. The molecule has 1 atom stereocenters. The van der Waals surface area contributed by atoms with Gasteiger partial charge in [-0.25, -0.2) is 0 Å². The zero-order valence-electron chi connectivity index (χ0n) is 8.14. The van der Waals surface area contributed by atoms with Gasteiger partial charge < -0.3 is 5.11 Å². The number of benzene rings is 1. The SMILES string of the molecule is N#Cc1ccc(C(C#N)NCCO)cc1. The summed E-state index contributed by atoms with van der Waals surface area (Å²) in [7, 11) is 0. The fourth-order valence-corrected chi connectivity index (χ4v) is 1.20. The van der Waals surface area contributed by atoms with E-state index in [0.29, 0.717) is 12.1 Å². The van der Waals surface area contributed by atoms with E-state index >= 15 is 0 Å². The normalized spacial score (nSPS) is 11.4. The summed E-state index contributed by atoms with van der Waals surface area (Å²) in [6.45, 7) is 0.368. The first-order chi connectivity index (χ1) is 7.31. The van der Waals surface area contributed by atoms with Crippen LogP contribution in [0.3, 0.4) is 0 Å². The number of hydrogen-bond donors (Lipinski definition) is 2. The molecule has 0 fully saturated rings. The highest BCUT2D eigenvalue weighted by molar-refractivity contribution is 5.34. The lowest BCUT2D eigenvalue weighted by Gasteiger charge is -2.10. The maximum atomic E-state index is 8.87. The van der Waals surface area contributed by atoms with Crippen LogP contribution in [0.1, 0.15) is 17.2 Å². The van der Waals surface area contributed by atoms with Gasteiger partial charge in [-0.15, -0.1) is 0 Å². The maximum absolute atomic E-state index is 8.87. The lowest BCUT2D eigenvalue weighted by atomic mass is 10.1. The zero-order valence-corrected chi connectivity index (χ0v) is 8.14. The number of nitriles is 2. The number of nitrogens with one attached hydrogen (secondary N) is 1. The standard InChI is InChI=1S/C11H11N3O/c12-7-9-1-3-10(4-2-9)11(8-13)14-5-6-15/h1-4,11,14-15H,5-6H2. The molecule has 4 nitrogen and oxygen atoms in total. The first-order valence-corrected chi connectivity index (χ1v) is 4.55. The van der Waals surface area contributed by atoms with Crippen LogP contribution in [0.2, 0.25) is 0 Å². The Kier molecular flexibility index (Phi) is 4.30. The molecule has 0 amide bonds. The molecule has 0 aliphatic rings. The van der Waals surface area contributed by atoms with Crippen LogP contribution in [-0.4, -0.2) is 18.3 Å². The Balaban J connectivity index is 2.76. The molecular formula is C11H11N3O. The van der Waals surface area contributed by atoms with Crippen LogP contribution in [0.15, 0.2) is 24.3 Å². The summed E-state index contributed by atoms with van der Waals surface area (Å²) >= 11 is 0. The van der Waals surface area contributed by atoms with Gasteiger partial charge in [0.15, 0.2) is 0 Å². The second kappa shape index (κ2) is 5.77. The molecule has 76 valence electrons. The van der Waals surface area contributed by atoms with E-state index in [9.17, 15) is 0 Å². The molecule has 1 unspecified atom stereocenters. The van der Waals surface area contributed by atoms with Crippen molar-refractivity contribution >= 4 is 0 Å². The van der Waals surface area contributed by atoms with Crippen molar-refractivity contribution < 1.29 is 5.11 Å². The number of rotatable bonds is 4. The third-order valence-electron chi connectivity index (χ3n) is 1.96. The first kappa shape index (κ1) is 11.2. The highest BCUT2D eigenvalue weighted by Gasteiger charge is 2.08. The van der Waals surface area contributed by atoms with E-state index < -0.39 is 6.04 Å². The van der Waals surface area contributed by atoms with Crippen molar-refractivity contribution in [3.8, 4) is 12.1 Å². The average molecular weight is 201 g/mol. The molecule has 0 saturated carbocycles. The lowest BCUT2D eigenvalue weighted by molar-refractivity contribution is 0.289. The molecule has 1 aromatic carbocycles. The lowest BCUT2D eigenvalue weighted by Crippen LogP contribution is -2.23. The second-order valence-electron chi connectivity index (χ2n) is 2.97. The van der Waals surface area contributed by atoms with Crippen molar-refractivity contribution in [3.05, 3.63) is 35.4 Å². The summed E-state index contributed by atoms with van der Waals surface area (Å²) < 4.78 is 0. The minimum atomic E-state index is -0.440. The van der Waals surface area contributed by atoms with Gasteiger partial charge in [0.25, 0.3) is 0 Å². The number of nitrogens with zero attached hydrogens (tertiary/aromatic N) is 2. The van der Waals surface area contributed by atoms with Gasteiger partial charge in [0, 0.05) is 6.54 Å². The van der Waals surface area contributed by atoms with E-state index in [-0.39, 0.29) is 6.61 Å². The van der Waals surface area contributed by atoms with E-state index in [1.54, 1.807) is 24.3 Å². The Morgan fingerprint density at radius 2 is 1.93 bits per heavy atom. The van der Waals surface area contributed by atoms with Crippen LogP contribution >= 0.6 is 0 Å². The van der Waals surface area contributed by atoms with Crippen molar-refractivity contribution in [3.63, 3.8) is 0 Å². The summed E-state index contributed by atoms with van der Waals surface area (Å²) in [5.41, 5.74) is 1.36. The molecule has 0 aromatic heterocycles. The molecular weight excluding hydrogens is 190 g/mol. The Morgan fingerprint density at radius 3 is 2.40 bits per heavy atom. The van der Waals surface area contributed by atoms with Gasteiger partial charge >= 0.3 is 0 Å². The smallest absolute Gasteiger partial charge is 0.121 e. The van der Waals surface area contributed by atoms with Crippen molar-refractivity contribution in [1.82, 2.24) is 5.32 Å². The fourth-order valence-electron chi connectivity index (χ4n) is 1.20. The first-order valence-electron chi connectivity index (χ1n) is 4.55. The quantitative estimate of drug-likeness (QED) is 0.751. The van der Waals surface area contributed by atoms with E-state index in [0.717, 1.165) is 5.56 Å². The molecule has 0 saturated heterocycles. The summed E-state index contributed by atoms with van der Waals surface area (Å²) in [5, 5.41) is 29.0. The maximum Gasteiger partial charge on any atom is 0.121 e. The van der Waals surface area contributed by atoms with Gasteiger partial charge in [-0.05, 0) is 17.7 Å². The van der Waals surface area contributed by atoms with Gasteiger partial charge in [0.05, 0.1) is 24.3 Å². The van der Waals surface area contributed by atoms with E-state index in [1.807, 2.05) is 6.07 Å². The van der Waals surface area contributed by atoms with Gasteiger partial charge in [0.2, 0.25) is 0 Å². The number of hydrogen-bond acceptors (Lipinski definition) is 4. The van der Waals surface area contributed by atoms with Crippen LogP contribution in [0.5, 0.6) is 0 Å². The largest absolute Gasteiger partial charge is 0.395 e. The zero-order chi connectivity index (χ0) is 11.1. The molecule has 0 aliphatic heterocycles. The molecule has 0 aliphatic carbocycles. The van der Waals surface area contributed by atoms with Crippen LogP contribution in [0.4, 0.5) is 0 Å². The van der Waals surface area contributed by atoms with Crippen LogP contribution in [0.25, 0.3) is 0 Å². The minimum absolute atomic E-state index is 0.00550. The number of aliphatic hydroxyl groups is 1. The highest BCUT2D eigenvalue weighted by Crippen LogP contribution is 2.12. The van der Waals surface area contributed by atoms with Crippen molar-refractivity contribution in [1.29, 1.82) is 10.5 Å². The second-order valence-corrected chi connectivity index (χ2v) is 2.97. The summed E-state index contributed by atoms with van der Waals surface area (Å²) in [5.74, 6) is 0. The third kappa shape index (κ3) is 3.07. The van der Waals surface area contributed by atoms with Crippen molar-refractivity contribution in [2.45, 2.75) is 6.04 Å². The highest BCUT2D eigenvalue weighted by atomic mass is 16.3. The Hall–Kier alpha value is -1.88. The molecule has 4 heteroatoms. The van der Waals surface area contributed by atoms with Crippen molar-refractivity contribution in [2.75, 3.05) is 13.2 Å². The molecule has 0 radical (unpaired) electrons. The molecule has 15 heavy (non-hydrogen) atoms. The van der Waals surface area contributed by atoms with Gasteiger partial charge in [0.1, 0.15) is 6.04 Å². The third-order valence-corrected chi connectivity index (χ3v) is 1.96. The molecule has 0 bridgehead atoms. The predicted molar refractivity (Wildman–Crippen MR) is 54.6 cm³/mol. The average Bonchev–Trinajstić information content (AvgIpc) is 2.31. The monoisotopic (exact) mass is 201 g/mol. The van der Waals surface area contributed by atoms with Crippen molar-refractivity contribution in [2.24, 2.45) is 0 Å².